The van der Waals surface area contributed by atoms with Crippen LogP contribution in [0.1, 0.15) is 32.4 Å². The van der Waals surface area contributed by atoms with Gasteiger partial charge < -0.3 is 15.2 Å². The molecule has 0 fully saturated rings. The van der Waals surface area contributed by atoms with E-state index in [2.05, 4.69) is 21.2 Å². The number of methoxy groups -OCH3 is 1. The topological polar surface area (TPSA) is 58.6 Å². The molecule has 0 heterocycles. The molecule has 0 bridgehead atoms. The van der Waals surface area contributed by atoms with Crippen molar-refractivity contribution in [1.82, 2.24) is 5.32 Å². The van der Waals surface area contributed by atoms with Gasteiger partial charge in [-0.2, -0.15) is 0 Å². The molecule has 0 aliphatic heterocycles. The Labute approximate surface area is 128 Å². The predicted molar refractivity (Wildman–Crippen MR) is 83.1 cm³/mol. The minimum atomic E-state index is -0.756. The summed E-state index contributed by atoms with van der Waals surface area (Å²) in [6, 6.07) is 7.17. The average Bonchev–Trinajstić information content (AvgIpc) is 2.42. The number of aliphatic hydroxyl groups excluding tert-OH is 1. The highest BCUT2D eigenvalue weighted by Gasteiger charge is 2.28. The van der Waals surface area contributed by atoms with Crippen LogP contribution < -0.4 is 10.1 Å². The maximum atomic E-state index is 12.0. The maximum absolute atomic E-state index is 12.0. The van der Waals surface area contributed by atoms with Gasteiger partial charge in [-0.3, -0.25) is 4.79 Å². The number of hydrogen-bond donors (Lipinski definition) is 2. The summed E-state index contributed by atoms with van der Waals surface area (Å²) in [6.45, 7) is 6.10. The zero-order chi connectivity index (χ0) is 15.3. The van der Waals surface area contributed by atoms with Crippen molar-refractivity contribution in [2.24, 2.45) is 5.41 Å². The molecule has 112 valence electrons. The highest BCUT2D eigenvalue weighted by molar-refractivity contribution is 9.10. The van der Waals surface area contributed by atoms with E-state index in [4.69, 9.17) is 4.74 Å². The molecular weight excluding hydrogens is 322 g/mol. The number of nitrogens with one attached hydrogen (secondary N) is 1. The van der Waals surface area contributed by atoms with Crippen molar-refractivity contribution < 1.29 is 14.6 Å². The zero-order valence-electron chi connectivity index (χ0n) is 12.3. The number of aliphatic hydroxyl groups is 1. The highest BCUT2D eigenvalue weighted by Crippen LogP contribution is 2.26. The molecule has 0 saturated carbocycles. The van der Waals surface area contributed by atoms with Gasteiger partial charge in [0.25, 0.3) is 0 Å². The van der Waals surface area contributed by atoms with Crippen molar-refractivity contribution in [2.45, 2.75) is 31.7 Å². The summed E-state index contributed by atoms with van der Waals surface area (Å²) in [5.41, 5.74) is 0.539. The van der Waals surface area contributed by atoms with Crippen molar-refractivity contribution in [3.05, 3.63) is 29.8 Å². The van der Waals surface area contributed by atoms with E-state index in [1.807, 2.05) is 32.9 Å². The molecular formula is C15H22BrNO3. The van der Waals surface area contributed by atoms with Gasteiger partial charge in [0.2, 0.25) is 5.91 Å². The number of benzene rings is 1. The first-order chi connectivity index (χ1) is 9.25. The molecule has 0 aromatic heterocycles. The lowest BCUT2D eigenvalue weighted by Gasteiger charge is -2.25. The first-order valence-electron chi connectivity index (χ1n) is 6.49. The van der Waals surface area contributed by atoms with E-state index in [0.717, 1.165) is 0 Å². The van der Waals surface area contributed by atoms with Gasteiger partial charge in [0.15, 0.2) is 0 Å². The number of amides is 1. The van der Waals surface area contributed by atoms with Gasteiger partial charge in [0.1, 0.15) is 5.75 Å². The van der Waals surface area contributed by atoms with E-state index in [-0.39, 0.29) is 22.7 Å². The minimum Gasteiger partial charge on any atom is -0.497 e. The van der Waals surface area contributed by atoms with Crippen LogP contribution in [-0.2, 0) is 4.79 Å². The Morgan fingerprint density at radius 1 is 1.45 bits per heavy atom. The molecule has 2 N–H and O–H groups in total. The van der Waals surface area contributed by atoms with Gasteiger partial charge in [0.05, 0.1) is 18.0 Å². The second-order valence-electron chi connectivity index (χ2n) is 5.77. The van der Waals surface area contributed by atoms with Crippen LogP contribution in [0.15, 0.2) is 24.3 Å². The third-order valence-electron chi connectivity index (χ3n) is 2.94. The summed E-state index contributed by atoms with van der Waals surface area (Å²) in [6.07, 6.45) is -0.756. The molecule has 1 rings (SSSR count). The second kappa shape index (κ2) is 7.09. The summed E-state index contributed by atoms with van der Waals surface area (Å²) in [5, 5.41) is 12.8. The second-order valence-corrected chi connectivity index (χ2v) is 6.68. The van der Waals surface area contributed by atoms with Gasteiger partial charge in [-0.15, -0.1) is 0 Å². The molecule has 1 aromatic carbocycles. The lowest BCUT2D eigenvalue weighted by Crippen LogP contribution is -2.40. The Kier molecular flexibility index (Phi) is 6.02. The third kappa shape index (κ3) is 4.80. The van der Waals surface area contributed by atoms with Crippen LogP contribution in [-0.4, -0.2) is 29.5 Å². The molecule has 0 aliphatic rings. The maximum Gasteiger partial charge on any atom is 0.234 e. The Bertz CT molecular complexity index is 457. The SMILES string of the molecule is COc1cccc([C@@H](O)CNC(=O)[C@H](Br)C(C)(C)C)c1. The number of alkyl halides is 1. The molecule has 0 spiro atoms. The fourth-order valence-electron chi connectivity index (χ4n) is 1.65. The van der Waals surface area contributed by atoms with Crippen LogP contribution in [0.2, 0.25) is 0 Å². The quantitative estimate of drug-likeness (QED) is 0.808. The summed E-state index contributed by atoms with van der Waals surface area (Å²) in [4.78, 5) is 11.7. The Balaban J connectivity index is 2.59. The number of rotatable bonds is 5. The molecule has 5 heteroatoms. The molecule has 0 saturated heterocycles. The van der Waals surface area contributed by atoms with Gasteiger partial charge in [0, 0.05) is 6.54 Å². The standard InChI is InChI=1S/C15H22BrNO3/c1-15(2,3)13(16)14(19)17-9-12(18)10-6-5-7-11(8-10)20-4/h5-8,12-13,18H,9H2,1-4H3,(H,17,19)/t12-,13-/m0/s1. The predicted octanol–water partition coefficient (Wildman–Crippen LogP) is 2.65. The molecule has 4 nitrogen and oxygen atoms in total. The van der Waals surface area contributed by atoms with Gasteiger partial charge in [-0.1, -0.05) is 48.8 Å². The summed E-state index contributed by atoms with van der Waals surface area (Å²) in [5.74, 6) is 0.556. The molecule has 1 amide bonds. The lowest BCUT2D eigenvalue weighted by atomic mass is 9.91. The van der Waals surface area contributed by atoms with Crippen LogP contribution in [0.25, 0.3) is 0 Å². The van der Waals surface area contributed by atoms with E-state index in [9.17, 15) is 9.90 Å². The monoisotopic (exact) mass is 343 g/mol. The van der Waals surface area contributed by atoms with Crippen molar-refractivity contribution in [2.75, 3.05) is 13.7 Å². The normalized spacial score (nSPS) is 14.5. The van der Waals surface area contributed by atoms with E-state index >= 15 is 0 Å². The highest BCUT2D eigenvalue weighted by atomic mass is 79.9. The largest absolute Gasteiger partial charge is 0.497 e. The van der Waals surface area contributed by atoms with Gasteiger partial charge in [-0.05, 0) is 23.1 Å². The number of carbonyl (C=O) groups is 1. The summed E-state index contributed by atoms with van der Waals surface area (Å²) in [7, 11) is 1.58. The Hall–Kier alpha value is -1.07. The molecule has 20 heavy (non-hydrogen) atoms. The molecule has 0 radical (unpaired) electrons. The van der Waals surface area contributed by atoms with E-state index in [1.54, 1.807) is 19.2 Å². The lowest BCUT2D eigenvalue weighted by molar-refractivity contribution is -0.122. The van der Waals surface area contributed by atoms with Crippen LogP contribution >= 0.6 is 15.9 Å². The van der Waals surface area contributed by atoms with Crippen molar-refractivity contribution in [3.8, 4) is 5.75 Å². The van der Waals surface area contributed by atoms with E-state index < -0.39 is 6.10 Å². The summed E-state index contributed by atoms with van der Waals surface area (Å²) < 4.78 is 5.11. The first kappa shape index (κ1) is 17.0. The van der Waals surface area contributed by atoms with Crippen molar-refractivity contribution in [3.63, 3.8) is 0 Å². The van der Waals surface area contributed by atoms with Crippen LogP contribution in [0.3, 0.4) is 0 Å². The minimum absolute atomic E-state index is 0.126. The molecule has 2 atom stereocenters. The number of hydrogen-bond acceptors (Lipinski definition) is 3. The van der Waals surface area contributed by atoms with Gasteiger partial charge in [-0.25, -0.2) is 0 Å². The molecule has 0 unspecified atom stereocenters. The fraction of sp³-hybridized carbons (Fsp3) is 0.533. The third-order valence-corrected chi connectivity index (χ3v) is 4.73. The average molecular weight is 344 g/mol. The molecule has 0 aliphatic carbocycles. The first-order valence-corrected chi connectivity index (χ1v) is 7.41. The fourth-order valence-corrected chi connectivity index (χ4v) is 1.81. The summed E-state index contributed by atoms with van der Waals surface area (Å²) >= 11 is 3.38. The zero-order valence-corrected chi connectivity index (χ0v) is 13.9. The van der Waals surface area contributed by atoms with E-state index in [0.29, 0.717) is 11.3 Å². The number of halogens is 1. The number of ether oxygens (including phenoxy) is 1. The van der Waals surface area contributed by atoms with Crippen molar-refractivity contribution in [1.29, 1.82) is 0 Å². The Morgan fingerprint density at radius 2 is 2.10 bits per heavy atom. The number of carbonyl (C=O) groups excluding carboxylic acids is 1. The Morgan fingerprint density at radius 3 is 2.65 bits per heavy atom. The smallest absolute Gasteiger partial charge is 0.234 e. The van der Waals surface area contributed by atoms with Gasteiger partial charge >= 0.3 is 0 Å². The van der Waals surface area contributed by atoms with E-state index in [1.165, 1.54) is 0 Å². The van der Waals surface area contributed by atoms with Crippen LogP contribution in [0, 0.1) is 5.41 Å². The van der Waals surface area contributed by atoms with Crippen molar-refractivity contribution >= 4 is 21.8 Å². The van der Waals surface area contributed by atoms with Crippen LogP contribution in [0.5, 0.6) is 5.75 Å². The van der Waals surface area contributed by atoms with Crippen LogP contribution in [0.4, 0.5) is 0 Å². The molecule has 1 aromatic rings.